The highest BCUT2D eigenvalue weighted by atomic mass is 16.6. The van der Waals surface area contributed by atoms with Crippen molar-refractivity contribution in [2.24, 2.45) is 0 Å². The van der Waals surface area contributed by atoms with Crippen molar-refractivity contribution in [3.05, 3.63) is 41.5 Å². The van der Waals surface area contributed by atoms with Gasteiger partial charge < -0.3 is 4.74 Å². The molecule has 1 saturated heterocycles. The van der Waals surface area contributed by atoms with Crippen molar-refractivity contribution in [2.45, 2.75) is 63.9 Å². The molecule has 5 heteroatoms. The van der Waals surface area contributed by atoms with E-state index in [-0.39, 0.29) is 17.5 Å². The Balaban J connectivity index is 1.80. The molecule has 0 amide bonds. The van der Waals surface area contributed by atoms with Crippen LogP contribution >= 0.6 is 0 Å². The number of hydrogen-bond acceptors (Lipinski definition) is 4. The standard InChI is InChI=1S/C19H23N3O2/c1-13-7-6-8-15(11-13)22-18(20-14(2)21-22)16-12-17(23)24-19(16)9-4-3-5-10-19/h6-8,11,16H,3-5,9-10,12H2,1-2H3. The molecule has 1 aromatic heterocycles. The maximum Gasteiger partial charge on any atom is 0.307 e. The SMILES string of the molecule is Cc1cccc(-n2nc(C)nc2C2CC(=O)OC23CCCCC3)c1. The average Bonchev–Trinajstić information content (AvgIpc) is 3.08. The van der Waals surface area contributed by atoms with E-state index in [4.69, 9.17) is 9.72 Å². The van der Waals surface area contributed by atoms with Crippen molar-refractivity contribution >= 4 is 5.97 Å². The Hall–Kier alpha value is -2.17. The van der Waals surface area contributed by atoms with Crippen molar-refractivity contribution in [1.82, 2.24) is 14.8 Å². The monoisotopic (exact) mass is 325 g/mol. The van der Waals surface area contributed by atoms with Crippen LogP contribution in [0.1, 0.15) is 61.7 Å². The molecule has 1 aliphatic heterocycles. The molecule has 2 heterocycles. The summed E-state index contributed by atoms with van der Waals surface area (Å²) in [5.41, 5.74) is 1.80. The highest BCUT2D eigenvalue weighted by Gasteiger charge is 2.52. The van der Waals surface area contributed by atoms with Crippen LogP contribution in [-0.4, -0.2) is 26.3 Å². The smallest absolute Gasteiger partial charge is 0.307 e. The van der Waals surface area contributed by atoms with Crippen molar-refractivity contribution < 1.29 is 9.53 Å². The summed E-state index contributed by atoms with van der Waals surface area (Å²) < 4.78 is 7.77. The fourth-order valence-electron chi connectivity index (χ4n) is 4.23. The van der Waals surface area contributed by atoms with E-state index in [1.165, 1.54) is 12.0 Å². The molecular weight excluding hydrogens is 302 g/mol. The Bertz CT molecular complexity index is 775. The summed E-state index contributed by atoms with van der Waals surface area (Å²) in [7, 11) is 0. The van der Waals surface area contributed by atoms with E-state index in [0.29, 0.717) is 6.42 Å². The van der Waals surface area contributed by atoms with Crippen LogP contribution in [0.25, 0.3) is 5.69 Å². The number of ether oxygens (including phenoxy) is 1. The summed E-state index contributed by atoms with van der Waals surface area (Å²) in [6.45, 7) is 3.97. The van der Waals surface area contributed by atoms with Gasteiger partial charge in [0.2, 0.25) is 0 Å². The van der Waals surface area contributed by atoms with Crippen LogP contribution in [0.2, 0.25) is 0 Å². The van der Waals surface area contributed by atoms with Gasteiger partial charge in [-0.2, -0.15) is 5.10 Å². The van der Waals surface area contributed by atoms with Gasteiger partial charge in [-0.05, 0) is 57.2 Å². The minimum absolute atomic E-state index is 0.00740. The summed E-state index contributed by atoms with van der Waals surface area (Å²) in [5.74, 6) is 1.49. The maximum absolute atomic E-state index is 12.1. The third kappa shape index (κ3) is 2.52. The number of carbonyl (C=O) groups is 1. The van der Waals surface area contributed by atoms with Gasteiger partial charge in [-0.15, -0.1) is 0 Å². The molecule has 126 valence electrons. The first-order valence-electron chi connectivity index (χ1n) is 8.80. The van der Waals surface area contributed by atoms with Crippen LogP contribution in [0, 0.1) is 13.8 Å². The van der Waals surface area contributed by atoms with Crippen LogP contribution in [0.4, 0.5) is 0 Å². The Morgan fingerprint density at radius 2 is 2.00 bits per heavy atom. The molecule has 1 unspecified atom stereocenters. The predicted octanol–water partition coefficient (Wildman–Crippen LogP) is 3.62. The van der Waals surface area contributed by atoms with Crippen molar-refractivity contribution in [2.75, 3.05) is 0 Å². The number of esters is 1. The van der Waals surface area contributed by atoms with Crippen molar-refractivity contribution in [3.63, 3.8) is 0 Å². The second kappa shape index (κ2) is 5.72. The molecule has 2 aliphatic rings. The lowest BCUT2D eigenvalue weighted by Crippen LogP contribution is -2.37. The minimum Gasteiger partial charge on any atom is -0.458 e. The maximum atomic E-state index is 12.1. The van der Waals surface area contributed by atoms with E-state index in [1.54, 1.807) is 0 Å². The van der Waals surface area contributed by atoms with Crippen LogP contribution < -0.4 is 0 Å². The molecule has 1 saturated carbocycles. The number of carbonyl (C=O) groups excluding carboxylic acids is 1. The average molecular weight is 325 g/mol. The number of hydrogen-bond donors (Lipinski definition) is 0. The summed E-state index contributed by atoms with van der Waals surface area (Å²) in [6.07, 6.45) is 5.72. The predicted molar refractivity (Wildman–Crippen MR) is 90.1 cm³/mol. The van der Waals surface area contributed by atoms with E-state index in [0.717, 1.165) is 43.0 Å². The van der Waals surface area contributed by atoms with Gasteiger partial charge in [0, 0.05) is 0 Å². The van der Waals surface area contributed by atoms with E-state index >= 15 is 0 Å². The Labute approximate surface area is 142 Å². The molecule has 0 bridgehead atoms. The van der Waals surface area contributed by atoms with E-state index in [9.17, 15) is 4.79 Å². The molecule has 5 nitrogen and oxygen atoms in total. The van der Waals surface area contributed by atoms with Crippen LogP contribution in [0.15, 0.2) is 24.3 Å². The van der Waals surface area contributed by atoms with Gasteiger partial charge in [-0.3, -0.25) is 4.79 Å². The largest absolute Gasteiger partial charge is 0.458 e. The lowest BCUT2D eigenvalue weighted by Gasteiger charge is -2.36. The molecule has 2 aromatic rings. The lowest BCUT2D eigenvalue weighted by atomic mass is 9.75. The fourth-order valence-corrected chi connectivity index (χ4v) is 4.23. The summed E-state index contributed by atoms with van der Waals surface area (Å²) in [4.78, 5) is 16.8. The number of aromatic nitrogens is 3. The molecule has 1 aromatic carbocycles. The first-order chi connectivity index (χ1) is 11.6. The quantitative estimate of drug-likeness (QED) is 0.791. The highest BCUT2D eigenvalue weighted by Crippen LogP contribution is 2.49. The molecule has 2 fully saturated rings. The van der Waals surface area contributed by atoms with Crippen LogP contribution in [0.3, 0.4) is 0 Å². The summed E-state index contributed by atoms with van der Waals surface area (Å²) in [6, 6.07) is 8.23. The third-order valence-electron chi connectivity index (χ3n) is 5.32. The molecule has 4 rings (SSSR count). The van der Waals surface area contributed by atoms with Gasteiger partial charge in [0.25, 0.3) is 0 Å². The highest BCUT2D eigenvalue weighted by molar-refractivity contribution is 5.74. The minimum atomic E-state index is -0.379. The Kier molecular flexibility index (Phi) is 3.66. The first-order valence-corrected chi connectivity index (χ1v) is 8.80. The molecule has 0 N–H and O–H groups in total. The van der Waals surface area contributed by atoms with E-state index in [2.05, 4.69) is 24.2 Å². The lowest BCUT2D eigenvalue weighted by molar-refractivity contribution is -0.151. The van der Waals surface area contributed by atoms with Crippen molar-refractivity contribution in [1.29, 1.82) is 0 Å². The van der Waals surface area contributed by atoms with Gasteiger partial charge in [-0.25, -0.2) is 9.67 Å². The second-order valence-electron chi connectivity index (χ2n) is 7.12. The normalized spacial score (nSPS) is 22.8. The molecular formula is C19H23N3O2. The number of benzene rings is 1. The van der Waals surface area contributed by atoms with Gasteiger partial charge in [0.15, 0.2) is 0 Å². The molecule has 24 heavy (non-hydrogen) atoms. The number of nitrogens with zero attached hydrogens (tertiary/aromatic N) is 3. The van der Waals surface area contributed by atoms with Gasteiger partial charge in [0.1, 0.15) is 17.2 Å². The van der Waals surface area contributed by atoms with Crippen LogP contribution in [-0.2, 0) is 9.53 Å². The van der Waals surface area contributed by atoms with Crippen LogP contribution in [0.5, 0.6) is 0 Å². The summed E-state index contributed by atoms with van der Waals surface area (Å²) in [5, 5.41) is 4.61. The number of aryl methyl sites for hydroxylation is 2. The Morgan fingerprint density at radius 3 is 2.75 bits per heavy atom. The van der Waals surface area contributed by atoms with Crippen molar-refractivity contribution in [3.8, 4) is 5.69 Å². The van der Waals surface area contributed by atoms with Gasteiger partial charge in [0.05, 0.1) is 18.0 Å². The molecule has 1 aliphatic carbocycles. The van der Waals surface area contributed by atoms with E-state index < -0.39 is 0 Å². The third-order valence-corrected chi connectivity index (χ3v) is 5.32. The van der Waals surface area contributed by atoms with Gasteiger partial charge >= 0.3 is 5.97 Å². The van der Waals surface area contributed by atoms with E-state index in [1.807, 2.05) is 23.7 Å². The fraction of sp³-hybridized carbons (Fsp3) is 0.526. The first kappa shape index (κ1) is 15.4. The topological polar surface area (TPSA) is 57.0 Å². The zero-order chi connectivity index (χ0) is 16.7. The molecule has 1 spiro atoms. The molecule has 1 atom stereocenters. The Morgan fingerprint density at radius 1 is 1.21 bits per heavy atom. The molecule has 0 radical (unpaired) electrons. The zero-order valence-electron chi connectivity index (χ0n) is 14.3. The second-order valence-corrected chi connectivity index (χ2v) is 7.12. The zero-order valence-corrected chi connectivity index (χ0v) is 14.3. The van der Waals surface area contributed by atoms with Gasteiger partial charge in [-0.1, -0.05) is 18.6 Å². The summed E-state index contributed by atoms with van der Waals surface area (Å²) >= 11 is 0. The number of rotatable bonds is 2.